The fraction of sp³-hybridized carbons (Fsp3) is 0.375. The summed E-state index contributed by atoms with van der Waals surface area (Å²) in [5, 5.41) is 14.4. The third kappa shape index (κ3) is 3.59. The number of aliphatic hydroxyl groups is 1. The lowest BCUT2D eigenvalue weighted by atomic mass is 10.4. The van der Waals surface area contributed by atoms with Crippen molar-refractivity contribution in [2.24, 2.45) is 5.11 Å². The van der Waals surface area contributed by atoms with E-state index in [-0.39, 0.29) is 25.6 Å². The van der Waals surface area contributed by atoms with Gasteiger partial charge in [0.2, 0.25) is 0 Å². The molecule has 1 heterocycles. The Bertz CT molecular complexity index is 384. The molecule has 0 saturated heterocycles. The molecule has 1 aromatic rings. The highest BCUT2D eigenvalue weighted by Gasteiger charge is 2.07. The van der Waals surface area contributed by atoms with Crippen molar-refractivity contribution < 1.29 is 9.90 Å². The van der Waals surface area contributed by atoms with Crippen LogP contribution in [-0.2, 0) is 6.54 Å². The summed E-state index contributed by atoms with van der Waals surface area (Å²) < 4.78 is 0. The molecule has 6 nitrogen and oxygen atoms in total. The van der Waals surface area contributed by atoms with Crippen LogP contribution in [0.3, 0.4) is 0 Å². The van der Waals surface area contributed by atoms with Gasteiger partial charge in [0.25, 0.3) is 5.91 Å². The van der Waals surface area contributed by atoms with E-state index < -0.39 is 0 Å². The van der Waals surface area contributed by atoms with Crippen molar-refractivity contribution in [3.63, 3.8) is 0 Å². The smallest absolute Gasteiger partial charge is 0.261 e. The van der Waals surface area contributed by atoms with Crippen molar-refractivity contribution in [3.8, 4) is 0 Å². The zero-order valence-corrected chi connectivity index (χ0v) is 8.70. The normalized spacial score (nSPS) is 9.40. The van der Waals surface area contributed by atoms with Crippen LogP contribution in [0.15, 0.2) is 17.2 Å². The van der Waals surface area contributed by atoms with E-state index in [2.05, 4.69) is 15.3 Å². The monoisotopic (exact) mass is 226 g/mol. The summed E-state index contributed by atoms with van der Waals surface area (Å²) in [6.45, 7) is 0.416. The van der Waals surface area contributed by atoms with Crippen LogP contribution in [0.25, 0.3) is 10.4 Å². The fourth-order valence-corrected chi connectivity index (χ4v) is 1.78. The van der Waals surface area contributed by atoms with E-state index in [0.29, 0.717) is 4.88 Å². The number of thiophene rings is 1. The number of hydrogen-bond acceptors (Lipinski definition) is 4. The molecule has 1 rings (SSSR count). The van der Waals surface area contributed by atoms with Gasteiger partial charge >= 0.3 is 0 Å². The largest absolute Gasteiger partial charge is 0.395 e. The summed E-state index contributed by atoms with van der Waals surface area (Å²) in [7, 11) is 0. The van der Waals surface area contributed by atoms with Crippen LogP contribution in [0, 0.1) is 0 Å². The number of carbonyl (C=O) groups is 1. The van der Waals surface area contributed by atoms with Crippen LogP contribution in [0.4, 0.5) is 0 Å². The van der Waals surface area contributed by atoms with E-state index in [4.69, 9.17) is 10.6 Å². The van der Waals surface area contributed by atoms with E-state index in [1.165, 1.54) is 11.3 Å². The number of nitrogens with one attached hydrogen (secondary N) is 1. The number of rotatable bonds is 5. The average Bonchev–Trinajstić information content (AvgIpc) is 2.71. The molecule has 2 N–H and O–H groups in total. The van der Waals surface area contributed by atoms with Crippen molar-refractivity contribution >= 4 is 17.2 Å². The first-order valence-corrected chi connectivity index (χ1v) is 5.08. The van der Waals surface area contributed by atoms with E-state index in [1.54, 1.807) is 12.1 Å². The van der Waals surface area contributed by atoms with Gasteiger partial charge in [-0.25, -0.2) is 0 Å². The Kier molecular flexibility index (Phi) is 4.62. The first kappa shape index (κ1) is 11.5. The molecule has 7 heteroatoms. The van der Waals surface area contributed by atoms with Gasteiger partial charge in [-0.15, -0.1) is 11.3 Å². The summed E-state index contributed by atoms with van der Waals surface area (Å²) in [6.07, 6.45) is 0. The standard InChI is InChI=1S/C8H10N4O2S/c9-12-11-5-6-1-2-7(15-6)8(14)10-3-4-13/h1-2,13H,3-5H2,(H,10,14). The molecule has 80 valence electrons. The molecular weight excluding hydrogens is 216 g/mol. The number of amides is 1. The van der Waals surface area contributed by atoms with Crippen molar-refractivity contribution in [2.45, 2.75) is 6.54 Å². The quantitative estimate of drug-likeness (QED) is 0.449. The van der Waals surface area contributed by atoms with Gasteiger partial charge in [-0.05, 0) is 17.7 Å². The predicted molar refractivity (Wildman–Crippen MR) is 56.6 cm³/mol. The number of azide groups is 1. The third-order valence-corrected chi connectivity index (χ3v) is 2.64. The highest BCUT2D eigenvalue weighted by atomic mass is 32.1. The minimum atomic E-state index is -0.221. The molecule has 1 amide bonds. The molecule has 0 aliphatic rings. The van der Waals surface area contributed by atoms with Gasteiger partial charge in [-0.1, -0.05) is 5.11 Å². The van der Waals surface area contributed by atoms with Crippen molar-refractivity contribution in [1.82, 2.24) is 5.32 Å². The minimum absolute atomic E-state index is 0.0807. The van der Waals surface area contributed by atoms with Gasteiger partial charge in [0.1, 0.15) is 0 Å². The molecule has 1 aromatic heterocycles. The highest BCUT2D eigenvalue weighted by Crippen LogP contribution is 2.17. The van der Waals surface area contributed by atoms with Crippen LogP contribution in [-0.4, -0.2) is 24.2 Å². The van der Waals surface area contributed by atoms with Gasteiger partial charge in [-0.2, -0.15) is 0 Å². The second-order valence-electron chi connectivity index (χ2n) is 2.63. The molecule has 0 aliphatic heterocycles. The molecule has 0 bridgehead atoms. The molecular formula is C8H10N4O2S. The maximum absolute atomic E-state index is 11.4. The number of hydrogen-bond donors (Lipinski definition) is 2. The highest BCUT2D eigenvalue weighted by molar-refractivity contribution is 7.14. The molecule has 15 heavy (non-hydrogen) atoms. The Balaban J connectivity index is 2.58. The van der Waals surface area contributed by atoms with Crippen LogP contribution >= 0.6 is 11.3 Å². The summed E-state index contributed by atoms with van der Waals surface area (Å²) in [5.41, 5.74) is 8.12. The van der Waals surface area contributed by atoms with Gasteiger partial charge < -0.3 is 10.4 Å². The molecule has 0 aromatic carbocycles. The van der Waals surface area contributed by atoms with Crippen molar-refractivity contribution in [2.75, 3.05) is 13.2 Å². The van der Waals surface area contributed by atoms with Crippen LogP contribution in [0.5, 0.6) is 0 Å². The molecule has 0 saturated carbocycles. The van der Waals surface area contributed by atoms with Gasteiger partial charge in [0, 0.05) is 16.3 Å². The summed E-state index contributed by atoms with van der Waals surface area (Å²) in [6, 6.07) is 3.41. The molecule has 0 fully saturated rings. The van der Waals surface area contributed by atoms with E-state index >= 15 is 0 Å². The Morgan fingerprint density at radius 3 is 3.13 bits per heavy atom. The second kappa shape index (κ2) is 6.02. The fourth-order valence-electron chi connectivity index (χ4n) is 0.943. The maximum atomic E-state index is 11.4. The molecule has 0 aliphatic carbocycles. The van der Waals surface area contributed by atoms with Gasteiger partial charge in [0.15, 0.2) is 0 Å². The average molecular weight is 226 g/mol. The van der Waals surface area contributed by atoms with Crippen LogP contribution in [0.1, 0.15) is 14.5 Å². The molecule has 0 spiro atoms. The topological polar surface area (TPSA) is 98.1 Å². The predicted octanol–water partition coefficient (Wildman–Crippen LogP) is 1.28. The van der Waals surface area contributed by atoms with Crippen LogP contribution < -0.4 is 5.32 Å². The Morgan fingerprint density at radius 1 is 1.67 bits per heavy atom. The van der Waals surface area contributed by atoms with Crippen molar-refractivity contribution in [1.29, 1.82) is 0 Å². The first-order chi connectivity index (χ1) is 7.27. The Labute approximate surface area is 90.2 Å². The zero-order chi connectivity index (χ0) is 11.1. The lowest BCUT2D eigenvalue weighted by Gasteiger charge is -1.98. The minimum Gasteiger partial charge on any atom is -0.395 e. The maximum Gasteiger partial charge on any atom is 0.261 e. The van der Waals surface area contributed by atoms with Crippen LogP contribution in [0.2, 0.25) is 0 Å². The molecule has 0 unspecified atom stereocenters. The summed E-state index contributed by atoms with van der Waals surface area (Å²) in [5.74, 6) is -0.221. The van der Waals surface area contributed by atoms with Crippen molar-refractivity contribution in [3.05, 3.63) is 32.3 Å². The second-order valence-corrected chi connectivity index (χ2v) is 3.80. The number of carbonyl (C=O) groups excluding carboxylic acids is 1. The summed E-state index contributed by atoms with van der Waals surface area (Å²) >= 11 is 1.27. The van der Waals surface area contributed by atoms with E-state index in [0.717, 1.165) is 4.88 Å². The van der Waals surface area contributed by atoms with E-state index in [9.17, 15) is 4.79 Å². The van der Waals surface area contributed by atoms with Gasteiger partial charge in [0.05, 0.1) is 18.0 Å². The lowest BCUT2D eigenvalue weighted by molar-refractivity contribution is 0.0949. The lowest BCUT2D eigenvalue weighted by Crippen LogP contribution is -2.25. The first-order valence-electron chi connectivity index (χ1n) is 4.26. The Morgan fingerprint density at radius 2 is 2.47 bits per heavy atom. The van der Waals surface area contributed by atoms with E-state index in [1.807, 2.05) is 0 Å². The summed E-state index contributed by atoms with van der Waals surface area (Å²) in [4.78, 5) is 15.4. The third-order valence-electron chi connectivity index (χ3n) is 1.57. The SMILES string of the molecule is [N-]=[N+]=NCc1ccc(C(=O)NCCO)s1. The number of nitrogens with zero attached hydrogens (tertiary/aromatic N) is 3. The zero-order valence-electron chi connectivity index (χ0n) is 7.88. The number of aliphatic hydroxyl groups excluding tert-OH is 1. The molecule has 0 atom stereocenters. The van der Waals surface area contributed by atoms with Gasteiger partial charge in [-0.3, -0.25) is 4.79 Å². The molecule has 0 radical (unpaired) electrons. The Hall–Kier alpha value is -1.56.